The van der Waals surface area contributed by atoms with E-state index < -0.39 is 0 Å². The minimum atomic E-state index is 0.431. The van der Waals surface area contributed by atoms with Crippen LogP contribution in [0.15, 0.2) is 48.7 Å². The molecule has 0 aliphatic heterocycles. The van der Waals surface area contributed by atoms with Crippen LogP contribution in [0.25, 0.3) is 11.0 Å². The van der Waals surface area contributed by atoms with Crippen molar-refractivity contribution in [3.8, 4) is 23.1 Å². The van der Waals surface area contributed by atoms with Crippen molar-refractivity contribution in [3.63, 3.8) is 0 Å². The molecular formula is C16H14N2O3. The van der Waals surface area contributed by atoms with Crippen molar-refractivity contribution < 1.29 is 14.2 Å². The van der Waals surface area contributed by atoms with Gasteiger partial charge in [-0.3, -0.25) is 0 Å². The van der Waals surface area contributed by atoms with Gasteiger partial charge in [0.25, 0.3) is 0 Å². The molecule has 1 heterocycles. The Balaban J connectivity index is 1.99. The zero-order valence-electron chi connectivity index (χ0n) is 11.7. The van der Waals surface area contributed by atoms with Gasteiger partial charge >= 0.3 is 0 Å². The average Bonchev–Trinajstić information content (AvgIpc) is 2.54. The summed E-state index contributed by atoms with van der Waals surface area (Å²) >= 11 is 0. The van der Waals surface area contributed by atoms with E-state index in [1.54, 1.807) is 32.5 Å². The Kier molecular flexibility index (Phi) is 3.55. The third-order valence-corrected chi connectivity index (χ3v) is 2.99. The first-order valence-electron chi connectivity index (χ1n) is 6.42. The van der Waals surface area contributed by atoms with E-state index in [4.69, 9.17) is 14.2 Å². The van der Waals surface area contributed by atoms with Gasteiger partial charge < -0.3 is 14.2 Å². The van der Waals surface area contributed by atoms with Crippen LogP contribution in [-0.4, -0.2) is 24.2 Å². The Bertz CT molecular complexity index is 760. The number of fused-ring (bicyclic) bond motifs is 1. The maximum Gasteiger partial charge on any atom is 0.238 e. The standard InChI is InChI=1S/C16H14N2O3/c1-19-14-8-12-13(9-15(14)20-2)18-16(10-17-12)21-11-6-4-3-5-7-11/h3-10H,1-2H3. The molecule has 106 valence electrons. The van der Waals surface area contributed by atoms with Crippen LogP contribution in [0.5, 0.6) is 23.1 Å². The first kappa shape index (κ1) is 13.2. The second kappa shape index (κ2) is 5.66. The molecule has 0 bridgehead atoms. The fraction of sp³-hybridized carbons (Fsp3) is 0.125. The Hall–Kier alpha value is -2.82. The second-order valence-electron chi connectivity index (χ2n) is 4.32. The van der Waals surface area contributed by atoms with Crippen LogP contribution < -0.4 is 14.2 Å². The van der Waals surface area contributed by atoms with Gasteiger partial charge in [-0.2, -0.15) is 0 Å². The lowest BCUT2D eigenvalue weighted by molar-refractivity contribution is 0.355. The van der Waals surface area contributed by atoms with Crippen molar-refractivity contribution in [1.82, 2.24) is 9.97 Å². The first-order chi connectivity index (χ1) is 10.3. The van der Waals surface area contributed by atoms with Crippen LogP contribution in [0, 0.1) is 0 Å². The van der Waals surface area contributed by atoms with Crippen molar-refractivity contribution in [3.05, 3.63) is 48.7 Å². The van der Waals surface area contributed by atoms with E-state index in [9.17, 15) is 0 Å². The number of nitrogens with zero attached hydrogens (tertiary/aromatic N) is 2. The lowest BCUT2D eigenvalue weighted by Gasteiger charge is -2.09. The Morgan fingerprint density at radius 1 is 0.857 bits per heavy atom. The highest BCUT2D eigenvalue weighted by Crippen LogP contribution is 2.31. The summed E-state index contributed by atoms with van der Waals surface area (Å²) in [6, 6.07) is 13.0. The fourth-order valence-electron chi connectivity index (χ4n) is 1.98. The number of para-hydroxylation sites is 1. The van der Waals surface area contributed by atoms with Gasteiger partial charge in [-0.1, -0.05) is 18.2 Å². The van der Waals surface area contributed by atoms with Gasteiger partial charge in [0, 0.05) is 12.1 Å². The molecule has 21 heavy (non-hydrogen) atoms. The molecule has 1 aromatic heterocycles. The normalized spacial score (nSPS) is 10.4. The second-order valence-corrected chi connectivity index (χ2v) is 4.32. The van der Waals surface area contributed by atoms with E-state index >= 15 is 0 Å². The molecule has 5 nitrogen and oxygen atoms in total. The molecule has 3 rings (SSSR count). The Morgan fingerprint density at radius 2 is 1.52 bits per heavy atom. The molecule has 0 aliphatic rings. The van der Waals surface area contributed by atoms with Crippen molar-refractivity contribution in [2.24, 2.45) is 0 Å². The minimum absolute atomic E-state index is 0.431. The topological polar surface area (TPSA) is 53.5 Å². The molecule has 0 radical (unpaired) electrons. The highest BCUT2D eigenvalue weighted by atomic mass is 16.5. The van der Waals surface area contributed by atoms with E-state index in [1.165, 1.54) is 0 Å². The molecule has 0 aliphatic carbocycles. The number of ether oxygens (including phenoxy) is 3. The summed E-state index contributed by atoms with van der Waals surface area (Å²) in [6.07, 6.45) is 1.58. The van der Waals surface area contributed by atoms with Gasteiger partial charge in [0.1, 0.15) is 5.75 Å². The summed E-state index contributed by atoms with van der Waals surface area (Å²) in [5, 5.41) is 0. The fourth-order valence-corrected chi connectivity index (χ4v) is 1.98. The van der Waals surface area contributed by atoms with Crippen LogP contribution in [0.1, 0.15) is 0 Å². The lowest BCUT2D eigenvalue weighted by Crippen LogP contribution is -1.94. The SMILES string of the molecule is COc1cc2ncc(Oc3ccccc3)nc2cc1OC. The van der Waals surface area contributed by atoms with Gasteiger partial charge in [-0.15, -0.1) is 0 Å². The highest BCUT2D eigenvalue weighted by molar-refractivity contribution is 5.79. The van der Waals surface area contributed by atoms with Crippen LogP contribution in [0.2, 0.25) is 0 Å². The quantitative estimate of drug-likeness (QED) is 0.733. The number of benzene rings is 2. The maximum absolute atomic E-state index is 5.67. The summed E-state index contributed by atoms with van der Waals surface area (Å²) in [6.45, 7) is 0. The minimum Gasteiger partial charge on any atom is -0.493 e. The smallest absolute Gasteiger partial charge is 0.238 e. The van der Waals surface area contributed by atoms with E-state index in [1.807, 2.05) is 30.3 Å². The summed E-state index contributed by atoms with van der Waals surface area (Å²) in [7, 11) is 3.17. The highest BCUT2D eigenvalue weighted by Gasteiger charge is 2.09. The maximum atomic E-state index is 5.67. The van der Waals surface area contributed by atoms with Crippen LogP contribution in [0.4, 0.5) is 0 Å². The van der Waals surface area contributed by atoms with Crippen molar-refractivity contribution in [2.45, 2.75) is 0 Å². The first-order valence-corrected chi connectivity index (χ1v) is 6.42. The van der Waals surface area contributed by atoms with E-state index in [-0.39, 0.29) is 0 Å². The number of aromatic nitrogens is 2. The molecule has 0 atom stereocenters. The molecule has 0 saturated heterocycles. The molecule has 3 aromatic rings. The molecule has 0 N–H and O–H groups in total. The summed E-state index contributed by atoms with van der Waals surface area (Å²) in [4.78, 5) is 8.77. The Labute approximate surface area is 122 Å². The predicted molar refractivity (Wildman–Crippen MR) is 79.2 cm³/mol. The third kappa shape index (κ3) is 2.72. The van der Waals surface area contributed by atoms with E-state index in [0.717, 1.165) is 0 Å². The van der Waals surface area contributed by atoms with Gasteiger partial charge in [0.05, 0.1) is 31.4 Å². The molecule has 0 unspecified atom stereocenters. The largest absolute Gasteiger partial charge is 0.493 e. The molecule has 0 fully saturated rings. The summed E-state index contributed by atoms with van der Waals surface area (Å²) in [5.74, 6) is 2.37. The molecule has 0 spiro atoms. The number of hydrogen-bond acceptors (Lipinski definition) is 5. The van der Waals surface area contributed by atoms with Crippen LogP contribution in [0.3, 0.4) is 0 Å². The molecule has 2 aromatic carbocycles. The van der Waals surface area contributed by atoms with Gasteiger partial charge in [0.15, 0.2) is 11.5 Å². The van der Waals surface area contributed by atoms with Crippen molar-refractivity contribution in [2.75, 3.05) is 14.2 Å². The molecule has 0 amide bonds. The van der Waals surface area contributed by atoms with Crippen LogP contribution >= 0.6 is 0 Å². The van der Waals surface area contributed by atoms with E-state index in [0.29, 0.717) is 34.2 Å². The monoisotopic (exact) mass is 282 g/mol. The number of methoxy groups -OCH3 is 2. The zero-order valence-corrected chi connectivity index (χ0v) is 11.7. The Morgan fingerprint density at radius 3 is 2.19 bits per heavy atom. The molecular weight excluding hydrogens is 268 g/mol. The van der Waals surface area contributed by atoms with Crippen LogP contribution in [-0.2, 0) is 0 Å². The van der Waals surface area contributed by atoms with Gasteiger partial charge in [-0.25, -0.2) is 9.97 Å². The average molecular weight is 282 g/mol. The molecule has 5 heteroatoms. The summed E-state index contributed by atoms with van der Waals surface area (Å²) < 4.78 is 16.2. The van der Waals surface area contributed by atoms with Crippen molar-refractivity contribution >= 4 is 11.0 Å². The van der Waals surface area contributed by atoms with Crippen molar-refractivity contribution in [1.29, 1.82) is 0 Å². The predicted octanol–water partition coefficient (Wildman–Crippen LogP) is 3.44. The van der Waals surface area contributed by atoms with Gasteiger partial charge in [-0.05, 0) is 12.1 Å². The van der Waals surface area contributed by atoms with E-state index in [2.05, 4.69) is 9.97 Å². The molecule has 0 saturated carbocycles. The van der Waals surface area contributed by atoms with Gasteiger partial charge in [0.2, 0.25) is 5.88 Å². The summed E-state index contributed by atoms with van der Waals surface area (Å²) in [5.41, 5.74) is 1.40. The third-order valence-electron chi connectivity index (χ3n) is 2.99. The number of rotatable bonds is 4. The number of hydrogen-bond donors (Lipinski definition) is 0. The zero-order chi connectivity index (χ0) is 14.7. The lowest BCUT2D eigenvalue weighted by atomic mass is 10.2.